The molecule has 1 aromatic rings. The quantitative estimate of drug-likeness (QED) is 0.797. The fourth-order valence-corrected chi connectivity index (χ4v) is 4.47. The van der Waals surface area contributed by atoms with E-state index in [0.717, 1.165) is 24.0 Å². The van der Waals surface area contributed by atoms with E-state index in [1.807, 2.05) is 6.92 Å². The summed E-state index contributed by atoms with van der Waals surface area (Å²) in [6.07, 6.45) is 6.85. The van der Waals surface area contributed by atoms with Crippen molar-refractivity contribution in [3.8, 4) is 0 Å². The van der Waals surface area contributed by atoms with Crippen LogP contribution in [0.15, 0.2) is 0 Å². The first-order valence-corrected chi connectivity index (χ1v) is 8.95. The Morgan fingerprint density at radius 2 is 2.18 bits per heavy atom. The summed E-state index contributed by atoms with van der Waals surface area (Å²) < 4.78 is 1.70. The number of amides is 1. The maximum atomic E-state index is 12.0. The van der Waals surface area contributed by atoms with Gasteiger partial charge in [0, 0.05) is 19.5 Å². The molecule has 1 amide bonds. The van der Waals surface area contributed by atoms with Crippen LogP contribution in [-0.2, 0) is 11.3 Å². The van der Waals surface area contributed by atoms with E-state index in [1.165, 1.54) is 25.7 Å². The van der Waals surface area contributed by atoms with Crippen LogP contribution in [0.4, 0.5) is 0 Å². The Bertz CT molecular complexity index is 558. The maximum Gasteiger partial charge on any atom is 0.220 e. The van der Waals surface area contributed by atoms with Crippen LogP contribution >= 0.6 is 23.2 Å². The van der Waals surface area contributed by atoms with Crippen molar-refractivity contribution in [2.45, 2.75) is 52.0 Å². The Hall–Kier alpha value is -0.740. The molecule has 22 heavy (non-hydrogen) atoms. The van der Waals surface area contributed by atoms with Gasteiger partial charge in [0.1, 0.15) is 10.2 Å². The minimum Gasteiger partial charge on any atom is -0.356 e. The molecule has 0 spiro atoms. The summed E-state index contributed by atoms with van der Waals surface area (Å²) in [6.45, 7) is 3.16. The molecule has 0 aromatic carbocycles. The third-order valence-corrected chi connectivity index (χ3v) is 6.13. The first-order valence-electron chi connectivity index (χ1n) is 8.19. The van der Waals surface area contributed by atoms with Gasteiger partial charge in [-0.25, -0.2) is 0 Å². The number of aromatic nitrogens is 2. The maximum absolute atomic E-state index is 12.0. The molecule has 1 heterocycles. The second-order valence-corrected chi connectivity index (χ2v) is 7.49. The molecule has 0 saturated heterocycles. The predicted molar refractivity (Wildman–Crippen MR) is 88.2 cm³/mol. The topological polar surface area (TPSA) is 46.9 Å². The van der Waals surface area contributed by atoms with Gasteiger partial charge in [-0.05, 0) is 50.4 Å². The Labute approximate surface area is 141 Å². The summed E-state index contributed by atoms with van der Waals surface area (Å²) in [5.41, 5.74) is 0.743. The number of aryl methyl sites for hydroxylation is 2. The molecule has 3 atom stereocenters. The standard InChI is InChI=1S/C16H23Cl2N3O/c1-10-15(17)16(18)21(20-10)6-2-5-19-14(22)9-13-8-11-3-4-12(13)7-11/h11-13H,2-9H2,1H3,(H,19,22). The van der Waals surface area contributed by atoms with Gasteiger partial charge in [0.05, 0.1) is 5.69 Å². The molecule has 0 radical (unpaired) electrons. The van der Waals surface area contributed by atoms with Crippen LogP contribution in [0.1, 0.15) is 44.2 Å². The van der Waals surface area contributed by atoms with Crippen LogP contribution in [0, 0.1) is 24.7 Å². The summed E-state index contributed by atoms with van der Waals surface area (Å²) >= 11 is 12.1. The van der Waals surface area contributed by atoms with Gasteiger partial charge in [0.2, 0.25) is 5.91 Å². The summed E-state index contributed by atoms with van der Waals surface area (Å²) in [6, 6.07) is 0. The summed E-state index contributed by atoms with van der Waals surface area (Å²) in [5, 5.41) is 8.29. The van der Waals surface area contributed by atoms with Crippen LogP contribution in [0.3, 0.4) is 0 Å². The van der Waals surface area contributed by atoms with Crippen LogP contribution in [-0.4, -0.2) is 22.2 Å². The first-order chi connectivity index (χ1) is 10.5. The van der Waals surface area contributed by atoms with Crippen molar-refractivity contribution in [1.82, 2.24) is 15.1 Å². The van der Waals surface area contributed by atoms with E-state index in [4.69, 9.17) is 23.2 Å². The predicted octanol–water partition coefficient (Wildman–Crippen LogP) is 3.83. The van der Waals surface area contributed by atoms with E-state index in [0.29, 0.717) is 35.6 Å². The van der Waals surface area contributed by atoms with E-state index in [2.05, 4.69) is 10.4 Å². The lowest BCUT2D eigenvalue weighted by atomic mass is 9.86. The molecule has 2 bridgehead atoms. The minimum absolute atomic E-state index is 0.193. The second kappa shape index (κ2) is 6.79. The van der Waals surface area contributed by atoms with Crippen molar-refractivity contribution in [2.24, 2.45) is 17.8 Å². The van der Waals surface area contributed by atoms with Gasteiger partial charge in [-0.2, -0.15) is 5.10 Å². The number of nitrogens with one attached hydrogen (secondary N) is 1. The fraction of sp³-hybridized carbons (Fsp3) is 0.750. The lowest BCUT2D eigenvalue weighted by Crippen LogP contribution is -2.28. The first kappa shape index (κ1) is 16.1. The van der Waals surface area contributed by atoms with Gasteiger partial charge in [-0.15, -0.1) is 0 Å². The minimum atomic E-state index is 0.193. The SMILES string of the molecule is Cc1nn(CCCNC(=O)CC2CC3CCC2C3)c(Cl)c1Cl. The van der Waals surface area contributed by atoms with E-state index in [1.54, 1.807) is 4.68 Å². The molecule has 3 unspecified atom stereocenters. The molecular formula is C16H23Cl2N3O. The molecule has 2 saturated carbocycles. The molecular weight excluding hydrogens is 321 g/mol. The van der Waals surface area contributed by atoms with Gasteiger partial charge >= 0.3 is 0 Å². The molecule has 0 aliphatic heterocycles. The van der Waals surface area contributed by atoms with Gasteiger partial charge in [-0.3, -0.25) is 9.48 Å². The van der Waals surface area contributed by atoms with Crippen molar-refractivity contribution >= 4 is 29.1 Å². The molecule has 3 rings (SSSR count). The molecule has 6 heteroatoms. The lowest BCUT2D eigenvalue weighted by molar-refractivity contribution is -0.122. The lowest BCUT2D eigenvalue weighted by Gasteiger charge is -2.20. The average Bonchev–Trinajstić information content (AvgIpc) is 3.16. The Morgan fingerprint density at radius 3 is 2.77 bits per heavy atom. The molecule has 2 aliphatic carbocycles. The van der Waals surface area contributed by atoms with Crippen LogP contribution < -0.4 is 5.32 Å². The largest absolute Gasteiger partial charge is 0.356 e. The Morgan fingerprint density at radius 1 is 1.36 bits per heavy atom. The van der Waals surface area contributed by atoms with Crippen molar-refractivity contribution in [2.75, 3.05) is 6.54 Å². The number of hydrogen-bond donors (Lipinski definition) is 1. The molecule has 1 N–H and O–H groups in total. The van der Waals surface area contributed by atoms with Gasteiger partial charge in [0.25, 0.3) is 0 Å². The van der Waals surface area contributed by atoms with Crippen LogP contribution in [0.2, 0.25) is 10.2 Å². The molecule has 2 aliphatic rings. The fourth-order valence-electron chi connectivity index (χ4n) is 4.07. The molecule has 122 valence electrons. The highest BCUT2D eigenvalue weighted by Gasteiger charge is 2.39. The van der Waals surface area contributed by atoms with Crippen molar-refractivity contribution < 1.29 is 4.79 Å². The van der Waals surface area contributed by atoms with Crippen LogP contribution in [0.5, 0.6) is 0 Å². The third-order valence-electron chi connectivity index (χ3n) is 5.20. The molecule has 4 nitrogen and oxygen atoms in total. The zero-order chi connectivity index (χ0) is 15.7. The van der Waals surface area contributed by atoms with Crippen LogP contribution in [0.25, 0.3) is 0 Å². The average molecular weight is 344 g/mol. The Balaban J connectivity index is 1.36. The monoisotopic (exact) mass is 343 g/mol. The van der Waals surface area contributed by atoms with E-state index >= 15 is 0 Å². The van der Waals surface area contributed by atoms with Crippen molar-refractivity contribution in [1.29, 1.82) is 0 Å². The van der Waals surface area contributed by atoms with Gasteiger partial charge in [0.15, 0.2) is 0 Å². The number of halogens is 2. The third kappa shape index (κ3) is 3.43. The number of hydrogen-bond acceptors (Lipinski definition) is 2. The highest BCUT2D eigenvalue weighted by Crippen LogP contribution is 2.49. The highest BCUT2D eigenvalue weighted by atomic mass is 35.5. The van der Waals surface area contributed by atoms with E-state index in [-0.39, 0.29) is 5.91 Å². The van der Waals surface area contributed by atoms with Crippen molar-refractivity contribution in [3.05, 3.63) is 15.9 Å². The smallest absolute Gasteiger partial charge is 0.220 e. The van der Waals surface area contributed by atoms with E-state index < -0.39 is 0 Å². The highest BCUT2D eigenvalue weighted by molar-refractivity contribution is 6.41. The number of carbonyl (C=O) groups excluding carboxylic acids is 1. The zero-order valence-corrected chi connectivity index (χ0v) is 14.5. The number of carbonyl (C=O) groups is 1. The normalized spacial score (nSPS) is 26.6. The molecule has 2 fully saturated rings. The number of nitrogens with zero attached hydrogens (tertiary/aromatic N) is 2. The van der Waals surface area contributed by atoms with Crippen molar-refractivity contribution in [3.63, 3.8) is 0 Å². The second-order valence-electron chi connectivity index (χ2n) is 6.76. The zero-order valence-electron chi connectivity index (χ0n) is 12.9. The molecule has 1 aromatic heterocycles. The number of rotatable bonds is 6. The van der Waals surface area contributed by atoms with Gasteiger partial charge in [-0.1, -0.05) is 29.6 Å². The van der Waals surface area contributed by atoms with E-state index in [9.17, 15) is 4.79 Å². The summed E-state index contributed by atoms with van der Waals surface area (Å²) in [7, 11) is 0. The number of fused-ring (bicyclic) bond motifs is 2. The summed E-state index contributed by atoms with van der Waals surface area (Å²) in [4.78, 5) is 12.0. The Kier molecular flexibility index (Phi) is 4.98. The van der Waals surface area contributed by atoms with Gasteiger partial charge < -0.3 is 5.32 Å². The summed E-state index contributed by atoms with van der Waals surface area (Å²) in [5.74, 6) is 2.53.